The standard InChI is InChI=1S/C17H16FNO3/c18-16-11-15(9-8-14(16)7-4-10-20)19-17(21)22-12-13-5-2-1-3-6-13/h1-9,11,20H,10,12H2,(H,19,21). The fourth-order valence-corrected chi connectivity index (χ4v) is 1.80. The fraction of sp³-hybridized carbons (Fsp3) is 0.118. The first kappa shape index (κ1) is 15.7. The minimum Gasteiger partial charge on any atom is -0.444 e. The molecular weight excluding hydrogens is 285 g/mol. The van der Waals surface area contributed by atoms with Gasteiger partial charge in [-0.2, -0.15) is 0 Å². The third kappa shape index (κ3) is 4.71. The molecule has 0 bridgehead atoms. The Morgan fingerprint density at radius 3 is 2.68 bits per heavy atom. The van der Waals surface area contributed by atoms with Crippen LogP contribution in [0.2, 0.25) is 0 Å². The highest BCUT2D eigenvalue weighted by Gasteiger charge is 2.06. The molecule has 4 nitrogen and oxygen atoms in total. The first-order valence-electron chi connectivity index (χ1n) is 6.73. The predicted octanol–water partition coefficient (Wildman–Crippen LogP) is 3.58. The molecule has 0 saturated heterocycles. The van der Waals surface area contributed by atoms with Gasteiger partial charge in [-0.1, -0.05) is 42.5 Å². The van der Waals surface area contributed by atoms with Crippen molar-refractivity contribution in [2.24, 2.45) is 0 Å². The lowest BCUT2D eigenvalue weighted by Crippen LogP contribution is -2.13. The molecular formula is C17H16FNO3. The first-order valence-corrected chi connectivity index (χ1v) is 6.73. The maximum Gasteiger partial charge on any atom is 0.411 e. The molecule has 1 amide bonds. The smallest absolute Gasteiger partial charge is 0.411 e. The Bertz CT molecular complexity index is 656. The van der Waals surface area contributed by atoms with Crippen molar-refractivity contribution in [3.63, 3.8) is 0 Å². The van der Waals surface area contributed by atoms with Crippen molar-refractivity contribution in [2.45, 2.75) is 6.61 Å². The van der Waals surface area contributed by atoms with Crippen molar-refractivity contribution in [1.29, 1.82) is 0 Å². The van der Waals surface area contributed by atoms with Crippen LogP contribution in [-0.2, 0) is 11.3 Å². The summed E-state index contributed by atoms with van der Waals surface area (Å²) in [6, 6.07) is 13.5. The summed E-state index contributed by atoms with van der Waals surface area (Å²) in [5.74, 6) is -0.495. The summed E-state index contributed by atoms with van der Waals surface area (Å²) in [6.07, 6.45) is 2.24. The van der Waals surface area contributed by atoms with Crippen LogP contribution in [0, 0.1) is 5.82 Å². The average Bonchev–Trinajstić information content (AvgIpc) is 2.53. The molecule has 2 aromatic carbocycles. The molecule has 0 aliphatic carbocycles. The van der Waals surface area contributed by atoms with Crippen LogP contribution >= 0.6 is 0 Å². The number of benzene rings is 2. The van der Waals surface area contributed by atoms with E-state index < -0.39 is 11.9 Å². The topological polar surface area (TPSA) is 58.6 Å². The fourth-order valence-electron chi connectivity index (χ4n) is 1.80. The highest BCUT2D eigenvalue weighted by Crippen LogP contribution is 2.16. The number of nitrogens with one attached hydrogen (secondary N) is 1. The van der Waals surface area contributed by atoms with Crippen LogP contribution in [-0.4, -0.2) is 17.8 Å². The molecule has 0 fully saturated rings. The van der Waals surface area contributed by atoms with Gasteiger partial charge in [-0.15, -0.1) is 0 Å². The Morgan fingerprint density at radius 1 is 1.23 bits per heavy atom. The second-order valence-corrected chi connectivity index (χ2v) is 4.51. The number of carbonyl (C=O) groups excluding carboxylic acids is 1. The van der Waals surface area contributed by atoms with Crippen molar-refractivity contribution < 1.29 is 19.0 Å². The van der Waals surface area contributed by atoms with Crippen LogP contribution in [0.1, 0.15) is 11.1 Å². The van der Waals surface area contributed by atoms with Gasteiger partial charge in [-0.3, -0.25) is 5.32 Å². The number of anilines is 1. The highest BCUT2D eigenvalue weighted by molar-refractivity contribution is 5.84. The first-order chi connectivity index (χ1) is 10.7. The van der Waals surface area contributed by atoms with Gasteiger partial charge in [0.05, 0.1) is 6.61 Å². The van der Waals surface area contributed by atoms with Gasteiger partial charge >= 0.3 is 6.09 Å². The lowest BCUT2D eigenvalue weighted by atomic mass is 10.2. The summed E-state index contributed by atoms with van der Waals surface area (Å²) in [5, 5.41) is 11.1. The number of amides is 1. The summed E-state index contributed by atoms with van der Waals surface area (Å²) < 4.78 is 18.8. The summed E-state index contributed by atoms with van der Waals surface area (Å²) in [7, 11) is 0. The molecule has 2 N–H and O–H groups in total. The minimum absolute atomic E-state index is 0.145. The minimum atomic E-state index is -0.651. The van der Waals surface area contributed by atoms with Crippen molar-refractivity contribution in [3.05, 3.63) is 71.6 Å². The van der Waals surface area contributed by atoms with E-state index in [1.807, 2.05) is 30.3 Å². The van der Waals surface area contributed by atoms with E-state index in [9.17, 15) is 9.18 Å². The van der Waals surface area contributed by atoms with Crippen LogP contribution in [0.15, 0.2) is 54.6 Å². The molecule has 22 heavy (non-hydrogen) atoms. The van der Waals surface area contributed by atoms with Crippen LogP contribution in [0.5, 0.6) is 0 Å². The van der Waals surface area contributed by atoms with E-state index in [4.69, 9.17) is 9.84 Å². The van der Waals surface area contributed by atoms with Gasteiger partial charge in [0.25, 0.3) is 0 Å². The van der Waals surface area contributed by atoms with Crippen LogP contribution in [0.4, 0.5) is 14.9 Å². The third-order valence-corrected chi connectivity index (χ3v) is 2.86. The summed E-state index contributed by atoms with van der Waals surface area (Å²) in [4.78, 5) is 11.7. The van der Waals surface area contributed by atoms with Crippen LogP contribution < -0.4 is 5.32 Å². The maximum atomic E-state index is 13.7. The molecule has 0 heterocycles. The number of hydrogen-bond acceptors (Lipinski definition) is 3. The van der Waals surface area contributed by atoms with Crippen molar-refractivity contribution in [2.75, 3.05) is 11.9 Å². The van der Waals surface area contributed by atoms with Crippen LogP contribution in [0.3, 0.4) is 0 Å². The molecule has 0 aliphatic heterocycles. The lowest BCUT2D eigenvalue weighted by molar-refractivity contribution is 0.155. The molecule has 0 unspecified atom stereocenters. The molecule has 0 atom stereocenters. The van der Waals surface area contributed by atoms with E-state index >= 15 is 0 Å². The summed E-state index contributed by atoms with van der Waals surface area (Å²) in [5.41, 5.74) is 1.50. The molecule has 0 saturated carbocycles. The molecule has 0 aromatic heterocycles. The SMILES string of the molecule is O=C(Nc1ccc(C=CCO)c(F)c1)OCc1ccccc1. The van der Waals surface area contributed by atoms with Crippen molar-refractivity contribution in [3.8, 4) is 0 Å². The molecule has 0 aliphatic rings. The number of aliphatic hydroxyl groups is 1. The average molecular weight is 301 g/mol. The van der Waals surface area contributed by atoms with Crippen molar-refractivity contribution >= 4 is 17.9 Å². The number of ether oxygens (including phenoxy) is 1. The van der Waals surface area contributed by atoms with E-state index in [1.165, 1.54) is 24.3 Å². The predicted molar refractivity (Wildman–Crippen MR) is 82.8 cm³/mol. The second kappa shape index (κ2) is 7.95. The monoisotopic (exact) mass is 301 g/mol. The summed E-state index contributed by atoms with van der Waals surface area (Å²) >= 11 is 0. The number of rotatable bonds is 5. The zero-order chi connectivity index (χ0) is 15.8. The van der Waals surface area contributed by atoms with Crippen molar-refractivity contribution in [1.82, 2.24) is 0 Å². The zero-order valence-corrected chi connectivity index (χ0v) is 11.8. The Labute approximate surface area is 127 Å². The number of carbonyl (C=O) groups is 1. The van der Waals surface area contributed by atoms with Gasteiger partial charge in [0.2, 0.25) is 0 Å². The largest absolute Gasteiger partial charge is 0.444 e. The van der Waals surface area contributed by atoms with Crippen LogP contribution in [0.25, 0.3) is 6.08 Å². The van der Waals surface area contributed by atoms with E-state index in [1.54, 1.807) is 6.07 Å². The molecule has 0 radical (unpaired) electrons. The van der Waals surface area contributed by atoms with E-state index in [0.29, 0.717) is 11.3 Å². The quantitative estimate of drug-likeness (QED) is 0.887. The zero-order valence-electron chi connectivity index (χ0n) is 11.8. The number of halogens is 1. The number of hydrogen-bond donors (Lipinski definition) is 2. The lowest BCUT2D eigenvalue weighted by Gasteiger charge is -2.08. The molecule has 2 aromatic rings. The Kier molecular flexibility index (Phi) is 5.68. The molecule has 5 heteroatoms. The Morgan fingerprint density at radius 2 is 2.00 bits per heavy atom. The Balaban J connectivity index is 1.91. The molecule has 0 spiro atoms. The van der Waals surface area contributed by atoms with E-state index in [0.717, 1.165) is 5.56 Å². The highest BCUT2D eigenvalue weighted by atomic mass is 19.1. The van der Waals surface area contributed by atoms with Gasteiger partial charge in [0.15, 0.2) is 0 Å². The van der Waals surface area contributed by atoms with Gasteiger partial charge < -0.3 is 9.84 Å². The van der Waals surface area contributed by atoms with Gasteiger partial charge in [0, 0.05) is 11.3 Å². The Hall–Kier alpha value is -2.66. The maximum absolute atomic E-state index is 13.7. The van der Waals surface area contributed by atoms with Gasteiger partial charge in [-0.05, 0) is 23.8 Å². The second-order valence-electron chi connectivity index (χ2n) is 4.51. The molecule has 2 rings (SSSR count). The molecule has 114 valence electrons. The third-order valence-electron chi connectivity index (χ3n) is 2.86. The van der Waals surface area contributed by atoms with Gasteiger partial charge in [-0.25, -0.2) is 9.18 Å². The van der Waals surface area contributed by atoms with E-state index in [-0.39, 0.29) is 13.2 Å². The van der Waals surface area contributed by atoms with E-state index in [2.05, 4.69) is 5.32 Å². The number of aliphatic hydroxyl groups excluding tert-OH is 1. The summed E-state index contributed by atoms with van der Waals surface area (Å²) in [6.45, 7) is -0.0161. The van der Waals surface area contributed by atoms with Gasteiger partial charge in [0.1, 0.15) is 12.4 Å². The normalized spacial score (nSPS) is 10.6.